The molecule has 20 heavy (non-hydrogen) atoms. The highest BCUT2D eigenvalue weighted by Crippen LogP contribution is 2.20. The van der Waals surface area contributed by atoms with Gasteiger partial charge in [0.1, 0.15) is 5.69 Å². The Morgan fingerprint density at radius 3 is 2.65 bits per heavy atom. The Balaban J connectivity index is 2.28. The van der Waals surface area contributed by atoms with E-state index in [1.165, 1.54) is 0 Å². The van der Waals surface area contributed by atoms with E-state index in [0.717, 1.165) is 29.4 Å². The number of ketones is 1. The fraction of sp³-hybridized carbons (Fsp3) is 0.333. The van der Waals surface area contributed by atoms with Crippen LogP contribution in [0.4, 0.5) is 0 Å². The van der Waals surface area contributed by atoms with Gasteiger partial charge in [-0.15, -0.1) is 0 Å². The Labute approximate surface area is 127 Å². The average Bonchev–Trinajstić information content (AvgIpc) is 2.81. The fourth-order valence-electron chi connectivity index (χ4n) is 2.10. The summed E-state index contributed by atoms with van der Waals surface area (Å²) in [5.41, 5.74) is 7.95. The minimum absolute atomic E-state index is 0.0119. The van der Waals surface area contributed by atoms with E-state index in [2.05, 4.69) is 28.0 Å². The van der Waals surface area contributed by atoms with Gasteiger partial charge in [-0.05, 0) is 40.9 Å². The number of nitrogens with zero attached hydrogens (tertiary/aromatic N) is 2. The third kappa shape index (κ3) is 3.16. The summed E-state index contributed by atoms with van der Waals surface area (Å²) in [6.07, 6.45) is 3.43. The van der Waals surface area contributed by atoms with Crippen molar-refractivity contribution < 1.29 is 4.79 Å². The highest BCUT2D eigenvalue weighted by molar-refractivity contribution is 9.10. The summed E-state index contributed by atoms with van der Waals surface area (Å²) in [5.74, 6) is -0.0119. The average molecular weight is 336 g/mol. The van der Waals surface area contributed by atoms with Crippen LogP contribution >= 0.6 is 15.9 Å². The highest BCUT2D eigenvalue weighted by Gasteiger charge is 2.18. The van der Waals surface area contributed by atoms with Crippen molar-refractivity contribution in [3.63, 3.8) is 0 Å². The number of carbonyl (C=O) groups excluding carboxylic acids is 1. The lowest BCUT2D eigenvalue weighted by Gasteiger charge is -2.07. The van der Waals surface area contributed by atoms with E-state index < -0.39 is 0 Å². The molecule has 106 valence electrons. The number of hydrogen-bond acceptors (Lipinski definition) is 3. The smallest absolute Gasteiger partial charge is 0.212 e. The van der Waals surface area contributed by atoms with E-state index in [1.54, 1.807) is 10.9 Å². The van der Waals surface area contributed by atoms with Gasteiger partial charge in [0.15, 0.2) is 0 Å². The van der Waals surface area contributed by atoms with Gasteiger partial charge in [0.05, 0.1) is 10.7 Å². The van der Waals surface area contributed by atoms with E-state index in [0.29, 0.717) is 17.8 Å². The Bertz CT molecular complexity index is 590. The van der Waals surface area contributed by atoms with Crippen molar-refractivity contribution in [2.24, 2.45) is 5.73 Å². The van der Waals surface area contributed by atoms with Gasteiger partial charge in [-0.1, -0.05) is 31.2 Å². The number of rotatable bonds is 6. The number of carbonyl (C=O) groups is 1. The summed E-state index contributed by atoms with van der Waals surface area (Å²) in [4.78, 5) is 12.6. The molecule has 2 N–H and O–H groups in total. The molecular weight excluding hydrogens is 318 g/mol. The molecule has 0 saturated heterocycles. The van der Waals surface area contributed by atoms with E-state index in [-0.39, 0.29) is 5.78 Å². The zero-order valence-corrected chi connectivity index (χ0v) is 13.1. The lowest BCUT2D eigenvalue weighted by atomic mass is 10.0. The molecule has 4 nitrogen and oxygen atoms in total. The van der Waals surface area contributed by atoms with Crippen LogP contribution < -0.4 is 5.73 Å². The molecule has 0 unspecified atom stereocenters. The molecule has 0 saturated carbocycles. The lowest BCUT2D eigenvalue weighted by Crippen LogP contribution is -2.12. The van der Waals surface area contributed by atoms with Gasteiger partial charge >= 0.3 is 0 Å². The van der Waals surface area contributed by atoms with Crippen LogP contribution in [0.5, 0.6) is 0 Å². The standard InChI is InChI=1S/C15H18BrN3O/c1-2-9-19-14(13(16)10-18-19)15(20)12-5-3-11(4-6-12)7-8-17/h3-6,10H,2,7-9,17H2,1H3. The van der Waals surface area contributed by atoms with Gasteiger partial charge in [-0.3, -0.25) is 9.48 Å². The predicted molar refractivity (Wildman–Crippen MR) is 82.9 cm³/mol. The van der Waals surface area contributed by atoms with Crippen molar-refractivity contribution in [2.45, 2.75) is 26.3 Å². The van der Waals surface area contributed by atoms with Crippen LogP contribution in [0.15, 0.2) is 34.9 Å². The van der Waals surface area contributed by atoms with Crippen LogP contribution in [-0.4, -0.2) is 22.1 Å². The quantitative estimate of drug-likeness (QED) is 0.825. The van der Waals surface area contributed by atoms with Gasteiger partial charge in [0.2, 0.25) is 5.78 Å². The van der Waals surface area contributed by atoms with E-state index in [1.807, 2.05) is 24.3 Å². The van der Waals surface area contributed by atoms with E-state index in [9.17, 15) is 4.79 Å². The Morgan fingerprint density at radius 2 is 2.05 bits per heavy atom. The monoisotopic (exact) mass is 335 g/mol. The van der Waals surface area contributed by atoms with Crippen LogP contribution in [0, 0.1) is 0 Å². The van der Waals surface area contributed by atoms with Gasteiger partial charge in [0.25, 0.3) is 0 Å². The molecule has 0 amide bonds. The number of nitrogens with two attached hydrogens (primary N) is 1. The lowest BCUT2D eigenvalue weighted by molar-refractivity contribution is 0.102. The maximum atomic E-state index is 12.6. The second-order valence-electron chi connectivity index (χ2n) is 4.63. The molecule has 5 heteroatoms. The summed E-state index contributed by atoms with van der Waals surface area (Å²) < 4.78 is 2.49. The fourth-order valence-corrected chi connectivity index (χ4v) is 2.57. The first kappa shape index (κ1) is 14.9. The van der Waals surface area contributed by atoms with Gasteiger partial charge < -0.3 is 5.73 Å². The topological polar surface area (TPSA) is 60.9 Å². The van der Waals surface area contributed by atoms with Gasteiger partial charge in [-0.2, -0.15) is 5.10 Å². The van der Waals surface area contributed by atoms with Crippen molar-refractivity contribution in [1.29, 1.82) is 0 Å². The summed E-state index contributed by atoms with van der Waals surface area (Å²) >= 11 is 3.40. The van der Waals surface area contributed by atoms with Crippen molar-refractivity contribution in [2.75, 3.05) is 6.54 Å². The van der Waals surface area contributed by atoms with Crippen molar-refractivity contribution in [1.82, 2.24) is 9.78 Å². The van der Waals surface area contributed by atoms with E-state index >= 15 is 0 Å². The molecule has 0 fully saturated rings. The first-order chi connectivity index (χ1) is 9.67. The molecule has 1 heterocycles. The number of hydrogen-bond donors (Lipinski definition) is 1. The normalized spacial score (nSPS) is 10.8. The Morgan fingerprint density at radius 1 is 1.35 bits per heavy atom. The molecule has 0 aliphatic carbocycles. The number of aromatic nitrogens is 2. The molecule has 2 rings (SSSR count). The van der Waals surface area contributed by atoms with Crippen LogP contribution in [0.25, 0.3) is 0 Å². The summed E-state index contributed by atoms with van der Waals surface area (Å²) in [5, 5.41) is 4.23. The molecule has 0 spiro atoms. The largest absolute Gasteiger partial charge is 0.330 e. The van der Waals surface area contributed by atoms with Crippen molar-refractivity contribution >= 4 is 21.7 Å². The summed E-state index contributed by atoms with van der Waals surface area (Å²) in [6, 6.07) is 7.61. The predicted octanol–water partition coefficient (Wildman–Crippen LogP) is 2.79. The maximum Gasteiger partial charge on any atom is 0.212 e. The molecule has 0 aliphatic heterocycles. The molecule has 0 radical (unpaired) electrons. The minimum Gasteiger partial charge on any atom is -0.330 e. The molecule has 1 aromatic carbocycles. The molecule has 2 aromatic rings. The first-order valence-corrected chi connectivity index (χ1v) is 7.51. The van der Waals surface area contributed by atoms with Crippen LogP contribution in [0.3, 0.4) is 0 Å². The second-order valence-corrected chi connectivity index (χ2v) is 5.48. The molecule has 0 bridgehead atoms. The van der Waals surface area contributed by atoms with Crippen molar-refractivity contribution in [3.05, 3.63) is 51.8 Å². The molecule has 1 aromatic heterocycles. The number of halogens is 1. The van der Waals surface area contributed by atoms with E-state index in [4.69, 9.17) is 5.73 Å². The minimum atomic E-state index is -0.0119. The van der Waals surface area contributed by atoms with Crippen LogP contribution in [0.2, 0.25) is 0 Å². The zero-order valence-electron chi connectivity index (χ0n) is 11.5. The van der Waals surface area contributed by atoms with Gasteiger partial charge in [0, 0.05) is 12.1 Å². The number of aryl methyl sites for hydroxylation is 1. The maximum absolute atomic E-state index is 12.6. The SMILES string of the molecule is CCCn1ncc(Br)c1C(=O)c1ccc(CCN)cc1. The van der Waals surface area contributed by atoms with Gasteiger partial charge in [-0.25, -0.2) is 0 Å². The molecule has 0 atom stereocenters. The summed E-state index contributed by atoms with van der Waals surface area (Å²) in [7, 11) is 0. The zero-order chi connectivity index (χ0) is 14.5. The third-order valence-corrected chi connectivity index (χ3v) is 3.67. The van der Waals surface area contributed by atoms with Crippen molar-refractivity contribution in [3.8, 4) is 0 Å². The highest BCUT2D eigenvalue weighted by atomic mass is 79.9. The first-order valence-electron chi connectivity index (χ1n) is 6.72. The van der Waals surface area contributed by atoms with Crippen LogP contribution in [0.1, 0.15) is 35.0 Å². The Kier molecular flexibility index (Phi) is 5.09. The summed E-state index contributed by atoms with van der Waals surface area (Å²) in [6.45, 7) is 3.41. The van der Waals surface area contributed by atoms with Crippen LogP contribution in [-0.2, 0) is 13.0 Å². The third-order valence-electron chi connectivity index (χ3n) is 3.09. The molecular formula is C15H18BrN3O. The Hall–Kier alpha value is -1.46. The number of benzene rings is 1. The molecule has 0 aliphatic rings. The second kappa shape index (κ2) is 6.81.